The minimum absolute atomic E-state index is 0.145. The van der Waals surface area contributed by atoms with Crippen molar-refractivity contribution in [2.75, 3.05) is 5.32 Å². The maximum absolute atomic E-state index is 12.1. The van der Waals surface area contributed by atoms with Crippen molar-refractivity contribution in [1.29, 1.82) is 0 Å². The van der Waals surface area contributed by atoms with Gasteiger partial charge in [0.2, 0.25) is 0 Å². The zero-order valence-electron chi connectivity index (χ0n) is 17.6. The first-order chi connectivity index (χ1) is 15.9. The van der Waals surface area contributed by atoms with Crippen LogP contribution in [-0.4, -0.2) is 18.0 Å². The van der Waals surface area contributed by atoms with Crippen LogP contribution in [0, 0.1) is 0 Å². The third kappa shape index (κ3) is 7.05. The van der Waals surface area contributed by atoms with E-state index in [1.807, 2.05) is 19.1 Å². The summed E-state index contributed by atoms with van der Waals surface area (Å²) in [5.74, 6) is -1.23. The molecule has 0 unspecified atom stereocenters. The molecule has 0 aromatic heterocycles. The van der Waals surface area contributed by atoms with E-state index < -0.39 is 11.8 Å². The van der Waals surface area contributed by atoms with E-state index in [9.17, 15) is 9.59 Å². The summed E-state index contributed by atoms with van der Waals surface area (Å²) in [6.45, 7) is 2.18. The van der Waals surface area contributed by atoms with Crippen molar-refractivity contribution in [1.82, 2.24) is 5.43 Å². The van der Waals surface area contributed by atoms with Crippen LogP contribution in [0.3, 0.4) is 0 Å². The molecule has 0 aliphatic rings. The maximum atomic E-state index is 12.1. The monoisotopic (exact) mass is 547 g/mol. The molecule has 0 radical (unpaired) electrons. The highest BCUT2D eigenvalue weighted by Gasteiger charge is 2.13. The van der Waals surface area contributed by atoms with E-state index in [2.05, 4.69) is 31.8 Å². The second-order valence-corrected chi connectivity index (χ2v) is 8.60. The Hall–Kier alpha value is -2.87. The molecule has 0 aliphatic carbocycles. The summed E-state index contributed by atoms with van der Waals surface area (Å²) >= 11 is 15.8. The van der Waals surface area contributed by atoms with E-state index in [4.69, 9.17) is 27.9 Å². The smallest absolute Gasteiger partial charge is 0.329 e. The molecule has 0 saturated carbocycles. The number of halogens is 3. The Kier molecular flexibility index (Phi) is 8.88. The summed E-state index contributed by atoms with van der Waals surface area (Å²) in [5.41, 5.74) is 5.10. The SMILES string of the molecule is CCc1ccc(NC(=O)C(=O)N/N=C\c2cc(Br)ccc2OCc2c(Cl)cccc2Cl)cc1. The average Bonchev–Trinajstić information content (AvgIpc) is 2.80. The number of hydrogen-bond acceptors (Lipinski definition) is 4. The van der Waals surface area contributed by atoms with Crippen LogP contribution >= 0.6 is 39.1 Å². The molecule has 9 heteroatoms. The molecule has 0 atom stereocenters. The quantitative estimate of drug-likeness (QED) is 0.216. The van der Waals surface area contributed by atoms with Gasteiger partial charge >= 0.3 is 11.8 Å². The van der Waals surface area contributed by atoms with Crippen molar-refractivity contribution in [2.24, 2.45) is 5.10 Å². The number of nitrogens with one attached hydrogen (secondary N) is 2. The Morgan fingerprint density at radius 2 is 1.73 bits per heavy atom. The maximum Gasteiger partial charge on any atom is 0.329 e. The fraction of sp³-hybridized carbons (Fsp3) is 0.125. The van der Waals surface area contributed by atoms with Gasteiger partial charge in [-0.15, -0.1) is 0 Å². The average molecular weight is 549 g/mol. The molecule has 3 aromatic rings. The molecule has 3 rings (SSSR count). The lowest BCUT2D eigenvalue weighted by molar-refractivity contribution is -0.136. The van der Waals surface area contributed by atoms with Gasteiger partial charge in [0.1, 0.15) is 12.4 Å². The van der Waals surface area contributed by atoms with E-state index in [-0.39, 0.29) is 6.61 Å². The molecule has 6 nitrogen and oxygen atoms in total. The first-order valence-electron chi connectivity index (χ1n) is 9.96. The van der Waals surface area contributed by atoms with Crippen molar-refractivity contribution in [3.63, 3.8) is 0 Å². The van der Waals surface area contributed by atoms with Crippen molar-refractivity contribution < 1.29 is 14.3 Å². The number of aryl methyl sites for hydroxylation is 1. The standard InChI is InChI=1S/C24H20BrCl2N3O3/c1-2-15-6-9-18(10-7-15)29-23(31)24(32)30-28-13-16-12-17(25)8-11-22(16)33-14-19-20(26)4-3-5-21(19)27/h3-13H,2,14H2,1H3,(H,29,31)(H,30,32)/b28-13-. The summed E-state index contributed by atoms with van der Waals surface area (Å²) in [4.78, 5) is 24.2. The van der Waals surface area contributed by atoms with Crippen molar-refractivity contribution in [3.05, 3.63) is 91.9 Å². The largest absolute Gasteiger partial charge is 0.488 e. The molecule has 33 heavy (non-hydrogen) atoms. The Morgan fingerprint density at radius 3 is 2.39 bits per heavy atom. The van der Waals surface area contributed by atoms with Crippen LogP contribution in [0.25, 0.3) is 0 Å². The van der Waals surface area contributed by atoms with Gasteiger partial charge in [0.15, 0.2) is 0 Å². The van der Waals surface area contributed by atoms with Crippen LogP contribution in [0.15, 0.2) is 70.2 Å². The fourth-order valence-electron chi connectivity index (χ4n) is 2.79. The number of benzene rings is 3. The predicted octanol–water partition coefficient (Wildman–Crippen LogP) is 5.99. The number of amides is 2. The highest BCUT2D eigenvalue weighted by molar-refractivity contribution is 9.10. The molecular weight excluding hydrogens is 529 g/mol. The fourth-order valence-corrected chi connectivity index (χ4v) is 3.68. The Bertz CT molecular complexity index is 1160. The van der Waals surface area contributed by atoms with Crippen LogP contribution in [-0.2, 0) is 22.6 Å². The lowest BCUT2D eigenvalue weighted by Crippen LogP contribution is -2.32. The molecule has 0 bridgehead atoms. The minimum Gasteiger partial charge on any atom is -0.488 e. The van der Waals surface area contributed by atoms with Gasteiger partial charge in [0.25, 0.3) is 0 Å². The Labute approximate surface area is 210 Å². The van der Waals surface area contributed by atoms with E-state index in [0.717, 1.165) is 16.5 Å². The van der Waals surface area contributed by atoms with Gasteiger partial charge in [0.05, 0.1) is 6.21 Å². The number of hydrogen-bond donors (Lipinski definition) is 2. The number of rotatable bonds is 7. The van der Waals surface area contributed by atoms with E-state index in [1.54, 1.807) is 48.5 Å². The molecule has 0 saturated heterocycles. The van der Waals surface area contributed by atoms with Crippen molar-refractivity contribution >= 4 is 62.8 Å². The van der Waals surface area contributed by atoms with Crippen LogP contribution < -0.4 is 15.5 Å². The molecule has 0 spiro atoms. The van der Waals surface area contributed by atoms with E-state index in [1.165, 1.54) is 6.21 Å². The lowest BCUT2D eigenvalue weighted by Gasteiger charge is -2.12. The molecular formula is C24H20BrCl2N3O3. The first-order valence-corrected chi connectivity index (χ1v) is 11.5. The second-order valence-electron chi connectivity index (χ2n) is 6.87. The molecule has 0 aliphatic heterocycles. The summed E-state index contributed by atoms with van der Waals surface area (Å²) in [6.07, 6.45) is 2.27. The summed E-state index contributed by atoms with van der Waals surface area (Å²) in [6, 6.07) is 17.8. The predicted molar refractivity (Wildman–Crippen MR) is 135 cm³/mol. The summed E-state index contributed by atoms with van der Waals surface area (Å²) in [7, 11) is 0. The van der Waals surface area contributed by atoms with Crippen LogP contribution in [0.4, 0.5) is 5.69 Å². The van der Waals surface area contributed by atoms with Crippen LogP contribution in [0.1, 0.15) is 23.6 Å². The van der Waals surface area contributed by atoms with Gasteiger partial charge < -0.3 is 10.1 Å². The second kappa shape index (κ2) is 11.8. The molecule has 0 heterocycles. The molecule has 170 valence electrons. The Balaban J connectivity index is 1.63. The summed E-state index contributed by atoms with van der Waals surface area (Å²) in [5, 5.41) is 7.41. The number of anilines is 1. The van der Waals surface area contributed by atoms with Crippen molar-refractivity contribution in [3.8, 4) is 5.75 Å². The number of carbonyl (C=O) groups excluding carboxylic acids is 2. The third-order valence-corrected chi connectivity index (χ3v) is 5.80. The summed E-state index contributed by atoms with van der Waals surface area (Å²) < 4.78 is 6.65. The minimum atomic E-state index is -0.897. The van der Waals surface area contributed by atoms with Gasteiger partial charge in [-0.25, -0.2) is 5.43 Å². The zero-order chi connectivity index (χ0) is 23.8. The number of carbonyl (C=O) groups is 2. The Morgan fingerprint density at radius 1 is 1.03 bits per heavy atom. The molecule has 2 amide bonds. The number of hydrazone groups is 1. The van der Waals surface area contributed by atoms with Gasteiger partial charge in [-0.3, -0.25) is 9.59 Å². The van der Waals surface area contributed by atoms with Gasteiger partial charge in [-0.05, 0) is 54.4 Å². The number of nitrogens with zero attached hydrogens (tertiary/aromatic N) is 1. The van der Waals surface area contributed by atoms with Crippen molar-refractivity contribution in [2.45, 2.75) is 20.0 Å². The third-order valence-electron chi connectivity index (χ3n) is 4.60. The lowest BCUT2D eigenvalue weighted by atomic mass is 10.1. The normalized spacial score (nSPS) is 10.8. The van der Waals surface area contributed by atoms with Gasteiger partial charge in [-0.1, -0.05) is 64.3 Å². The van der Waals surface area contributed by atoms with E-state index >= 15 is 0 Å². The number of ether oxygens (including phenoxy) is 1. The van der Waals surface area contributed by atoms with E-state index in [0.29, 0.717) is 32.6 Å². The van der Waals surface area contributed by atoms with Crippen LogP contribution in [0.5, 0.6) is 5.75 Å². The molecule has 3 aromatic carbocycles. The highest BCUT2D eigenvalue weighted by atomic mass is 79.9. The zero-order valence-corrected chi connectivity index (χ0v) is 20.7. The molecule has 2 N–H and O–H groups in total. The molecule has 0 fully saturated rings. The first kappa shape index (κ1) is 24.8. The van der Waals surface area contributed by atoms with Gasteiger partial charge in [0, 0.05) is 31.3 Å². The van der Waals surface area contributed by atoms with Gasteiger partial charge in [-0.2, -0.15) is 5.10 Å². The highest BCUT2D eigenvalue weighted by Crippen LogP contribution is 2.28. The van der Waals surface area contributed by atoms with Crippen LogP contribution in [0.2, 0.25) is 10.0 Å². The topological polar surface area (TPSA) is 79.8 Å².